The molecule has 0 aromatic heterocycles. The van der Waals surface area contributed by atoms with E-state index in [4.69, 9.17) is 16.3 Å². The summed E-state index contributed by atoms with van der Waals surface area (Å²) < 4.78 is 5.57. The molecule has 0 fully saturated rings. The van der Waals surface area contributed by atoms with Crippen LogP contribution in [-0.2, 0) is 11.3 Å². The van der Waals surface area contributed by atoms with Gasteiger partial charge in [0, 0.05) is 36.4 Å². The first-order valence-corrected chi connectivity index (χ1v) is 6.68. The van der Waals surface area contributed by atoms with Crippen LogP contribution >= 0.6 is 11.6 Å². The van der Waals surface area contributed by atoms with Crippen molar-refractivity contribution >= 4 is 17.3 Å². The maximum atomic E-state index is 6.24. The molecule has 1 N–H and O–H groups in total. The van der Waals surface area contributed by atoms with Crippen molar-refractivity contribution in [1.82, 2.24) is 5.32 Å². The van der Waals surface area contributed by atoms with Crippen LogP contribution < -0.4 is 10.2 Å². The number of hydrogen-bond acceptors (Lipinski definition) is 3. The summed E-state index contributed by atoms with van der Waals surface area (Å²) in [6.07, 6.45) is 0.273. The number of benzene rings is 1. The molecule has 0 amide bonds. The molecule has 1 aromatic carbocycles. The topological polar surface area (TPSA) is 24.5 Å². The van der Waals surface area contributed by atoms with Crippen molar-refractivity contribution in [2.75, 3.05) is 32.1 Å². The Kier molecular flexibility index (Phi) is 6.47. The summed E-state index contributed by atoms with van der Waals surface area (Å²) in [6.45, 7) is 6.44. The molecule has 0 bridgehead atoms. The standard InChI is InChI=1S/C14H23ClN2O/c1-11(2)18-9-8-17(4)14-7-5-6-13(15)12(14)10-16-3/h5-7,11,16H,8-10H2,1-4H3. The lowest BCUT2D eigenvalue weighted by Crippen LogP contribution is -2.25. The first kappa shape index (κ1) is 15.3. The van der Waals surface area contributed by atoms with Crippen molar-refractivity contribution in [2.45, 2.75) is 26.5 Å². The van der Waals surface area contributed by atoms with Crippen molar-refractivity contribution in [2.24, 2.45) is 0 Å². The Morgan fingerprint density at radius 3 is 2.72 bits per heavy atom. The van der Waals surface area contributed by atoms with E-state index < -0.39 is 0 Å². The van der Waals surface area contributed by atoms with Crippen LogP contribution in [0.3, 0.4) is 0 Å². The lowest BCUT2D eigenvalue weighted by Gasteiger charge is -2.23. The van der Waals surface area contributed by atoms with E-state index in [-0.39, 0.29) is 6.10 Å². The highest BCUT2D eigenvalue weighted by molar-refractivity contribution is 6.31. The number of ether oxygens (including phenoxy) is 1. The molecule has 4 heteroatoms. The van der Waals surface area contributed by atoms with Crippen LogP contribution in [0.5, 0.6) is 0 Å². The third-order valence-electron chi connectivity index (χ3n) is 2.74. The molecule has 0 unspecified atom stereocenters. The van der Waals surface area contributed by atoms with Gasteiger partial charge in [0.05, 0.1) is 12.7 Å². The minimum absolute atomic E-state index is 0.273. The Bertz CT molecular complexity index is 369. The maximum Gasteiger partial charge on any atom is 0.0644 e. The van der Waals surface area contributed by atoms with E-state index >= 15 is 0 Å². The largest absolute Gasteiger partial charge is 0.377 e. The van der Waals surface area contributed by atoms with Gasteiger partial charge in [-0.15, -0.1) is 0 Å². The quantitative estimate of drug-likeness (QED) is 0.825. The van der Waals surface area contributed by atoms with Gasteiger partial charge in [0.25, 0.3) is 0 Å². The minimum Gasteiger partial charge on any atom is -0.377 e. The van der Waals surface area contributed by atoms with Crippen molar-refractivity contribution in [1.29, 1.82) is 0 Å². The van der Waals surface area contributed by atoms with E-state index in [0.29, 0.717) is 0 Å². The highest BCUT2D eigenvalue weighted by Crippen LogP contribution is 2.26. The van der Waals surface area contributed by atoms with Crippen LogP contribution in [0.25, 0.3) is 0 Å². The van der Waals surface area contributed by atoms with Crippen LogP contribution in [0.2, 0.25) is 5.02 Å². The third kappa shape index (κ3) is 4.48. The number of likely N-dealkylation sites (N-methyl/N-ethyl adjacent to an activating group) is 1. The summed E-state index contributed by atoms with van der Waals surface area (Å²) >= 11 is 6.24. The number of rotatable bonds is 7. The number of nitrogens with one attached hydrogen (secondary N) is 1. The molecule has 3 nitrogen and oxygen atoms in total. The SMILES string of the molecule is CNCc1c(Cl)cccc1N(C)CCOC(C)C. The molecule has 0 aliphatic carbocycles. The summed E-state index contributed by atoms with van der Waals surface area (Å²) in [4.78, 5) is 2.18. The van der Waals surface area contributed by atoms with Crippen molar-refractivity contribution in [3.05, 3.63) is 28.8 Å². The van der Waals surface area contributed by atoms with Crippen LogP contribution in [0.4, 0.5) is 5.69 Å². The fourth-order valence-corrected chi connectivity index (χ4v) is 2.04. The molecule has 0 aliphatic heterocycles. The van der Waals surface area contributed by atoms with Crippen LogP contribution in [-0.4, -0.2) is 33.4 Å². The summed E-state index contributed by atoms with van der Waals surface area (Å²) in [7, 11) is 3.99. The third-order valence-corrected chi connectivity index (χ3v) is 3.09. The first-order valence-electron chi connectivity index (χ1n) is 6.31. The highest BCUT2D eigenvalue weighted by Gasteiger charge is 2.10. The smallest absolute Gasteiger partial charge is 0.0644 e. The lowest BCUT2D eigenvalue weighted by atomic mass is 10.1. The zero-order chi connectivity index (χ0) is 13.5. The van der Waals surface area contributed by atoms with E-state index in [1.54, 1.807) is 0 Å². The Hall–Kier alpha value is -0.770. The molecule has 0 heterocycles. The maximum absolute atomic E-state index is 6.24. The van der Waals surface area contributed by atoms with Crippen molar-refractivity contribution in [3.8, 4) is 0 Å². The van der Waals surface area contributed by atoms with Crippen LogP contribution in [0, 0.1) is 0 Å². The Morgan fingerprint density at radius 1 is 1.39 bits per heavy atom. The van der Waals surface area contributed by atoms with E-state index in [9.17, 15) is 0 Å². The molecule has 0 spiro atoms. The predicted octanol–water partition coefficient (Wildman–Crippen LogP) is 2.92. The zero-order valence-electron chi connectivity index (χ0n) is 11.7. The number of halogens is 1. The van der Waals surface area contributed by atoms with Gasteiger partial charge in [-0.05, 0) is 33.0 Å². The summed E-state index contributed by atoms with van der Waals surface area (Å²) in [5, 5.41) is 3.96. The average Bonchev–Trinajstić information content (AvgIpc) is 2.31. The molecule has 0 atom stereocenters. The zero-order valence-corrected chi connectivity index (χ0v) is 12.4. The van der Waals surface area contributed by atoms with Gasteiger partial charge in [0.2, 0.25) is 0 Å². The molecule has 0 saturated heterocycles. The second-order valence-electron chi connectivity index (χ2n) is 4.61. The van der Waals surface area contributed by atoms with E-state index in [1.807, 2.05) is 33.0 Å². The lowest BCUT2D eigenvalue weighted by molar-refractivity contribution is 0.0846. The summed E-state index contributed by atoms with van der Waals surface area (Å²) in [6, 6.07) is 6.00. The molecular formula is C14H23ClN2O. The molecule has 0 radical (unpaired) electrons. The van der Waals surface area contributed by atoms with Gasteiger partial charge in [-0.3, -0.25) is 0 Å². The summed E-state index contributed by atoms with van der Waals surface area (Å²) in [5.41, 5.74) is 2.29. The highest BCUT2D eigenvalue weighted by atomic mass is 35.5. The Balaban J connectivity index is 2.71. The monoisotopic (exact) mass is 270 g/mol. The van der Waals surface area contributed by atoms with E-state index in [0.717, 1.165) is 36.0 Å². The van der Waals surface area contributed by atoms with E-state index in [1.165, 1.54) is 0 Å². The molecule has 0 aliphatic rings. The molecule has 0 saturated carbocycles. The van der Waals surface area contributed by atoms with E-state index in [2.05, 4.69) is 23.3 Å². The van der Waals surface area contributed by atoms with Gasteiger partial charge in [-0.25, -0.2) is 0 Å². The molecular weight excluding hydrogens is 248 g/mol. The van der Waals surface area contributed by atoms with Crippen molar-refractivity contribution in [3.63, 3.8) is 0 Å². The van der Waals surface area contributed by atoms with Crippen LogP contribution in [0.15, 0.2) is 18.2 Å². The first-order chi connectivity index (χ1) is 8.56. The number of anilines is 1. The Morgan fingerprint density at radius 2 is 2.11 bits per heavy atom. The molecule has 1 rings (SSSR count). The number of hydrogen-bond donors (Lipinski definition) is 1. The molecule has 18 heavy (non-hydrogen) atoms. The second-order valence-corrected chi connectivity index (χ2v) is 5.02. The van der Waals surface area contributed by atoms with Gasteiger partial charge in [-0.2, -0.15) is 0 Å². The van der Waals surface area contributed by atoms with Gasteiger partial charge < -0.3 is 15.0 Å². The fourth-order valence-electron chi connectivity index (χ4n) is 1.80. The van der Waals surface area contributed by atoms with Crippen molar-refractivity contribution < 1.29 is 4.74 Å². The average molecular weight is 271 g/mol. The normalized spacial score (nSPS) is 11.0. The predicted molar refractivity (Wildman–Crippen MR) is 78.6 cm³/mol. The second kappa shape index (κ2) is 7.62. The number of nitrogens with zero attached hydrogens (tertiary/aromatic N) is 1. The minimum atomic E-state index is 0.273. The Labute approximate surface area is 115 Å². The van der Waals surface area contributed by atoms with Gasteiger partial charge >= 0.3 is 0 Å². The van der Waals surface area contributed by atoms with Gasteiger partial charge in [0.15, 0.2) is 0 Å². The molecule has 102 valence electrons. The molecule has 1 aromatic rings. The van der Waals surface area contributed by atoms with Gasteiger partial charge in [0.1, 0.15) is 0 Å². The summed E-state index contributed by atoms with van der Waals surface area (Å²) in [5.74, 6) is 0. The fraction of sp³-hybridized carbons (Fsp3) is 0.571. The van der Waals surface area contributed by atoms with Crippen LogP contribution in [0.1, 0.15) is 19.4 Å². The van der Waals surface area contributed by atoms with Gasteiger partial charge in [-0.1, -0.05) is 17.7 Å².